The molecule has 0 bridgehead atoms. The van der Waals surface area contributed by atoms with Gasteiger partial charge in [-0.1, -0.05) is 30.3 Å². The van der Waals surface area contributed by atoms with Gasteiger partial charge in [-0.3, -0.25) is 10.1 Å². The zero-order valence-electron chi connectivity index (χ0n) is 12.5. The van der Waals surface area contributed by atoms with Crippen molar-refractivity contribution in [3.63, 3.8) is 0 Å². The highest BCUT2D eigenvalue weighted by atomic mass is 16.6. The van der Waals surface area contributed by atoms with Crippen molar-refractivity contribution in [2.75, 3.05) is 14.1 Å². The fourth-order valence-electron chi connectivity index (χ4n) is 2.69. The van der Waals surface area contributed by atoms with E-state index in [-0.39, 0.29) is 10.6 Å². The number of rotatable bonds is 3. The van der Waals surface area contributed by atoms with Crippen molar-refractivity contribution < 1.29 is 4.92 Å². The Morgan fingerprint density at radius 1 is 1.00 bits per heavy atom. The van der Waals surface area contributed by atoms with E-state index >= 15 is 0 Å². The predicted octanol–water partition coefficient (Wildman–Crippen LogP) is 4.08. The Kier molecular flexibility index (Phi) is 3.51. The Morgan fingerprint density at radius 2 is 1.68 bits per heavy atom. The Hall–Kier alpha value is -2.88. The van der Waals surface area contributed by atoms with E-state index in [9.17, 15) is 10.1 Å². The number of nitrogens with zero attached hydrogens (tertiary/aromatic N) is 2. The number of allylic oxidation sites excluding steroid dienone is 2. The van der Waals surface area contributed by atoms with E-state index in [0.717, 1.165) is 27.8 Å². The Morgan fingerprint density at radius 3 is 2.36 bits per heavy atom. The van der Waals surface area contributed by atoms with Crippen molar-refractivity contribution in [1.29, 1.82) is 0 Å². The third-order valence-electron chi connectivity index (χ3n) is 3.66. The first-order valence-electron chi connectivity index (χ1n) is 7.01. The molecule has 0 heterocycles. The van der Waals surface area contributed by atoms with Gasteiger partial charge in [0.2, 0.25) is 0 Å². The molecule has 0 fully saturated rings. The van der Waals surface area contributed by atoms with E-state index < -0.39 is 0 Å². The summed E-state index contributed by atoms with van der Waals surface area (Å²) in [6.45, 7) is 0. The lowest BCUT2D eigenvalue weighted by atomic mass is 10.0. The van der Waals surface area contributed by atoms with E-state index in [0.29, 0.717) is 0 Å². The summed E-state index contributed by atoms with van der Waals surface area (Å²) >= 11 is 0. The van der Waals surface area contributed by atoms with E-state index in [1.165, 1.54) is 0 Å². The summed E-state index contributed by atoms with van der Waals surface area (Å²) in [6, 6.07) is 13.1. The van der Waals surface area contributed by atoms with Gasteiger partial charge in [0.25, 0.3) is 5.69 Å². The second-order valence-electron chi connectivity index (χ2n) is 5.42. The largest absolute Gasteiger partial charge is 0.383 e. The zero-order valence-corrected chi connectivity index (χ0v) is 12.5. The highest BCUT2D eigenvalue weighted by Crippen LogP contribution is 2.45. The minimum atomic E-state index is -0.351. The van der Waals surface area contributed by atoms with Crippen LogP contribution in [0.3, 0.4) is 0 Å². The third-order valence-corrected chi connectivity index (χ3v) is 3.66. The second-order valence-corrected chi connectivity index (χ2v) is 5.42. The molecule has 0 amide bonds. The first kappa shape index (κ1) is 14.1. The lowest BCUT2D eigenvalue weighted by Crippen LogP contribution is -1.99. The van der Waals surface area contributed by atoms with Crippen LogP contribution in [0.25, 0.3) is 16.7 Å². The van der Waals surface area contributed by atoms with Gasteiger partial charge in [0, 0.05) is 26.2 Å². The molecule has 0 aliphatic heterocycles. The maximum Gasteiger partial charge on any atom is 0.270 e. The quantitative estimate of drug-likeness (QED) is 0.539. The summed E-state index contributed by atoms with van der Waals surface area (Å²) in [4.78, 5) is 12.6. The van der Waals surface area contributed by atoms with Crippen molar-refractivity contribution in [2.45, 2.75) is 0 Å². The van der Waals surface area contributed by atoms with Gasteiger partial charge in [-0.25, -0.2) is 0 Å². The minimum absolute atomic E-state index is 0.119. The lowest BCUT2D eigenvalue weighted by Gasteiger charge is -2.03. The van der Waals surface area contributed by atoms with Crippen molar-refractivity contribution in [1.82, 2.24) is 4.90 Å². The fraction of sp³-hybridized carbons (Fsp3) is 0.111. The van der Waals surface area contributed by atoms with E-state index in [1.807, 2.05) is 55.5 Å². The molecule has 2 aromatic carbocycles. The fourth-order valence-corrected chi connectivity index (χ4v) is 2.69. The molecule has 22 heavy (non-hydrogen) atoms. The maximum absolute atomic E-state index is 11.0. The highest BCUT2D eigenvalue weighted by molar-refractivity contribution is 6.02. The summed E-state index contributed by atoms with van der Waals surface area (Å²) in [6.07, 6.45) is 5.92. The van der Waals surface area contributed by atoms with Gasteiger partial charge in [0.05, 0.1) is 4.92 Å². The summed E-state index contributed by atoms with van der Waals surface area (Å²) in [5, 5.41) is 11.0. The standard InChI is InChI=1S/C18H16N2O2/c1-19(2)11-5-8-16-14-6-3-4-7-15(14)17-10-9-13(20(21)22)12-18(16)17/h3-12H,1-2H3/b11-5-,16-8+. The first-order chi connectivity index (χ1) is 10.6. The van der Waals surface area contributed by atoms with Crippen molar-refractivity contribution in [3.05, 3.63) is 82.1 Å². The summed E-state index contributed by atoms with van der Waals surface area (Å²) in [7, 11) is 3.91. The normalized spacial score (nSPS) is 14.2. The molecule has 0 saturated heterocycles. The number of nitro benzene ring substituents is 1. The lowest BCUT2D eigenvalue weighted by molar-refractivity contribution is -0.384. The minimum Gasteiger partial charge on any atom is -0.383 e. The molecule has 0 aromatic heterocycles. The van der Waals surface area contributed by atoms with Crippen LogP contribution in [0.4, 0.5) is 5.69 Å². The van der Waals surface area contributed by atoms with E-state index in [2.05, 4.69) is 12.1 Å². The Labute approximate surface area is 129 Å². The van der Waals surface area contributed by atoms with Crippen LogP contribution >= 0.6 is 0 Å². The van der Waals surface area contributed by atoms with Crippen molar-refractivity contribution in [3.8, 4) is 11.1 Å². The number of non-ortho nitro benzene ring substituents is 1. The molecule has 1 aliphatic carbocycles. The topological polar surface area (TPSA) is 46.4 Å². The average molecular weight is 292 g/mol. The molecule has 0 atom stereocenters. The van der Waals surface area contributed by atoms with Crippen LogP contribution in [0.2, 0.25) is 0 Å². The molecule has 0 radical (unpaired) electrons. The van der Waals surface area contributed by atoms with Crippen LogP contribution in [0.5, 0.6) is 0 Å². The molecule has 4 nitrogen and oxygen atoms in total. The summed E-state index contributed by atoms with van der Waals surface area (Å²) in [5.74, 6) is 0. The molecule has 110 valence electrons. The molecule has 0 N–H and O–H groups in total. The summed E-state index contributed by atoms with van der Waals surface area (Å²) in [5.41, 5.74) is 5.34. The Balaban J connectivity index is 2.18. The number of benzene rings is 2. The van der Waals surface area contributed by atoms with Crippen LogP contribution < -0.4 is 0 Å². The van der Waals surface area contributed by atoms with Crippen LogP contribution in [-0.4, -0.2) is 23.9 Å². The van der Waals surface area contributed by atoms with Crippen LogP contribution in [-0.2, 0) is 0 Å². The number of hydrogen-bond acceptors (Lipinski definition) is 3. The zero-order chi connectivity index (χ0) is 15.7. The first-order valence-corrected chi connectivity index (χ1v) is 7.01. The molecular formula is C18H16N2O2. The number of fused-ring (bicyclic) bond motifs is 3. The van der Waals surface area contributed by atoms with Gasteiger partial charge < -0.3 is 4.90 Å². The highest BCUT2D eigenvalue weighted by Gasteiger charge is 2.24. The van der Waals surface area contributed by atoms with Gasteiger partial charge >= 0.3 is 0 Å². The van der Waals surface area contributed by atoms with Gasteiger partial charge in [-0.2, -0.15) is 0 Å². The molecule has 4 heteroatoms. The second kappa shape index (κ2) is 5.48. The molecule has 0 unspecified atom stereocenters. The molecule has 1 aliphatic rings. The number of hydrogen-bond donors (Lipinski definition) is 0. The maximum atomic E-state index is 11.0. The average Bonchev–Trinajstić information content (AvgIpc) is 2.81. The summed E-state index contributed by atoms with van der Waals surface area (Å²) < 4.78 is 0. The van der Waals surface area contributed by atoms with E-state index in [1.54, 1.807) is 12.1 Å². The third kappa shape index (κ3) is 2.39. The van der Waals surface area contributed by atoms with Gasteiger partial charge in [0.15, 0.2) is 0 Å². The number of nitro groups is 1. The van der Waals surface area contributed by atoms with Gasteiger partial charge in [-0.05, 0) is 46.2 Å². The van der Waals surface area contributed by atoms with Crippen molar-refractivity contribution >= 4 is 11.3 Å². The smallest absolute Gasteiger partial charge is 0.270 e. The van der Waals surface area contributed by atoms with E-state index in [4.69, 9.17) is 0 Å². The monoisotopic (exact) mass is 292 g/mol. The van der Waals surface area contributed by atoms with Crippen LogP contribution in [0.15, 0.2) is 60.8 Å². The van der Waals surface area contributed by atoms with Gasteiger partial charge in [0.1, 0.15) is 0 Å². The molecular weight excluding hydrogens is 276 g/mol. The predicted molar refractivity (Wildman–Crippen MR) is 88.4 cm³/mol. The Bertz CT molecular complexity index is 804. The van der Waals surface area contributed by atoms with Crippen LogP contribution in [0, 0.1) is 10.1 Å². The molecule has 0 saturated carbocycles. The SMILES string of the molecule is CN(C)/C=C\C=C1/c2ccccc2-c2ccc([N+](=O)[O-])cc21. The molecule has 2 aromatic rings. The van der Waals surface area contributed by atoms with Crippen molar-refractivity contribution in [2.24, 2.45) is 0 Å². The van der Waals surface area contributed by atoms with Crippen LogP contribution in [0.1, 0.15) is 11.1 Å². The van der Waals surface area contributed by atoms with Gasteiger partial charge in [-0.15, -0.1) is 0 Å². The molecule has 0 spiro atoms. The molecule has 3 rings (SSSR count).